The Hall–Kier alpha value is -1.76. The molecular formula is C24H35N. The van der Waals surface area contributed by atoms with E-state index in [0.717, 1.165) is 0 Å². The molecule has 2 aromatic carbocycles. The van der Waals surface area contributed by atoms with Crippen molar-refractivity contribution in [3.8, 4) is 0 Å². The van der Waals surface area contributed by atoms with E-state index in [-0.39, 0.29) is 0 Å². The average molecular weight is 338 g/mol. The van der Waals surface area contributed by atoms with Crippen LogP contribution in [0, 0.1) is 34.6 Å². The Labute approximate surface area is 155 Å². The van der Waals surface area contributed by atoms with Crippen LogP contribution < -0.4 is 4.90 Å². The molecule has 0 aliphatic carbocycles. The molecule has 0 fully saturated rings. The van der Waals surface area contributed by atoms with Crippen molar-refractivity contribution in [1.82, 2.24) is 0 Å². The lowest BCUT2D eigenvalue weighted by Crippen LogP contribution is -2.13. The van der Waals surface area contributed by atoms with Gasteiger partial charge in [-0.05, 0) is 105 Å². The van der Waals surface area contributed by atoms with Crippen molar-refractivity contribution in [2.24, 2.45) is 0 Å². The number of benzene rings is 2. The zero-order chi connectivity index (χ0) is 18.7. The van der Waals surface area contributed by atoms with Gasteiger partial charge in [0.2, 0.25) is 0 Å². The molecule has 2 rings (SSSR count). The Kier molecular flexibility index (Phi) is 6.32. The van der Waals surface area contributed by atoms with Gasteiger partial charge in [0.1, 0.15) is 0 Å². The second kappa shape index (κ2) is 8.08. The Morgan fingerprint density at radius 3 is 2.12 bits per heavy atom. The summed E-state index contributed by atoms with van der Waals surface area (Å²) in [4.78, 5) is 2.37. The monoisotopic (exact) mass is 337 g/mol. The minimum Gasteiger partial charge on any atom is -0.344 e. The molecule has 0 amide bonds. The van der Waals surface area contributed by atoms with Gasteiger partial charge in [-0.15, -0.1) is 0 Å². The van der Waals surface area contributed by atoms with Gasteiger partial charge in [-0.1, -0.05) is 26.3 Å². The van der Waals surface area contributed by atoms with Crippen molar-refractivity contribution in [2.45, 2.75) is 73.6 Å². The van der Waals surface area contributed by atoms with Crippen molar-refractivity contribution in [3.63, 3.8) is 0 Å². The van der Waals surface area contributed by atoms with Gasteiger partial charge in [0.25, 0.3) is 0 Å². The number of hydrogen-bond donors (Lipinski definition) is 0. The van der Waals surface area contributed by atoms with Gasteiger partial charge in [-0.25, -0.2) is 0 Å². The molecule has 2 aromatic rings. The van der Waals surface area contributed by atoms with Crippen LogP contribution in [0.5, 0.6) is 0 Å². The highest BCUT2D eigenvalue weighted by Gasteiger charge is 2.15. The lowest BCUT2D eigenvalue weighted by molar-refractivity contribution is 0.595. The first-order chi connectivity index (χ1) is 11.8. The first-order valence-corrected chi connectivity index (χ1v) is 9.72. The van der Waals surface area contributed by atoms with E-state index in [2.05, 4.69) is 84.7 Å². The van der Waals surface area contributed by atoms with Crippen LogP contribution in [-0.2, 0) is 0 Å². The summed E-state index contributed by atoms with van der Waals surface area (Å²) in [6, 6.07) is 9.43. The lowest BCUT2D eigenvalue weighted by atomic mass is 9.90. The maximum atomic E-state index is 2.40. The quantitative estimate of drug-likeness (QED) is 0.535. The fraction of sp³-hybridized carbons (Fsp3) is 0.500. The van der Waals surface area contributed by atoms with Crippen LogP contribution >= 0.6 is 0 Å². The van der Waals surface area contributed by atoms with Gasteiger partial charge in [-0.3, -0.25) is 0 Å². The molecular weight excluding hydrogens is 302 g/mol. The van der Waals surface area contributed by atoms with E-state index in [4.69, 9.17) is 0 Å². The summed E-state index contributed by atoms with van der Waals surface area (Å²) in [6.45, 7) is 15.7. The number of hydrogen-bond acceptors (Lipinski definition) is 1. The highest BCUT2D eigenvalue weighted by Crippen LogP contribution is 2.35. The Morgan fingerprint density at radius 1 is 0.840 bits per heavy atom. The van der Waals surface area contributed by atoms with Crippen molar-refractivity contribution >= 4 is 11.4 Å². The van der Waals surface area contributed by atoms with Gasteiger partial charge in [0.05, 0.1) is 0 Å². The zero-order valence-corrected chi connectivity index (χ0v) is 17.5. The molecule has 1 atom stereocenters. The molecule has 0 aliphatic heterocycles. The van der Waals surface area contributed by atoms with Crippen LogP contribution in [0.2, 0.25) is 0 Å². The fourth-order valence-electron chi connectivity index (χ4n) is 3.85. The van der Waals surface area contributed by atoms with E-state index in [1.807, 2.05) is 0 Å². The SMILES string of the molecule is CCCC(CC)c1cc(C)cc(N(C)c2cc(C)c(C)c(C)c2C)c1. The van der Waals surface area contributed by atoms with Crippen LogP contribution in [0.4, 0.5) is 11.4 Å². The molecule has 1 nitrogen and oxygen atoms in total. The van der Waals surface area contributed by atoms with E-state index >= 15 is 0 Å². The number of anilines is 2. The van der Waals surface area contributed by atoms with Crippen molar-refractivity contribution < 1.29 is 0 Å². The largest absolute Gasteiger partial charge is 0.344 e. The minimum atomic E-state index is 0.666. The summed E-state index contributed by atoms with van der Waals surface area (Å²) in [5, 5.41) is 0. The molecule has 1 heteroatoms. The molecule has 1 unspecified atom stereocenters. The highest BCUT2D eigenvalue weighted by atomic mass is 15.1. The second-order valence-electron chi connectivity index (χ2n) is 7.64. The molecule has 0 aliphatic rings. The lowest BCUT2D eigenvalue weighted by Gasteiger charge is -2.26. The summed E-state index contributed by atoms with van der Waals surface area (Å²) in [5.74, 6) is 0.666. The number of nitrogens with zero attached hydrogens (tertiary/aromatic N) is 1. The van der Waals surface area contributed by atoms with Gasteiger partial charge >= 0.3 is 0 Å². The third-order valence-corrected chi connectivity index (χ3v) is 5.89. The predicted molar refractivity (Wildman–Crippen MR) is 113 cm³/mol. The first-order valence-electron chi connectivity index (χ1n) is 9.72. The Bertz CT molecular complexity index is 742. The van der Waals surface area contributed by atoms with Crippen LogP contribution in [-0.4, -0.2) is 7.05 Å². The maximum Gasteiger partial charge on any atom is 0.0443 e. The third-order valence-electron chi connectivity index (χ3n) is 5.89. The maximum absolute atomic E-state index is 2.40. The average Bonchev–Trinajstić information content (AvgIpc) is 2.59. The number of aryl methyl sites for hydroxylation is 2. The third kappa shape index (κ3) is 4.08. The highest BCUT2D eigenvalue weighted by molar-refractivity contribution is 5.70. The summed E-state index contributed by atoms with van der Waals surface area (Å²) in [7, 11) is 2.20. The normalized spacial score (nSPS) is 12.3. The summed E-state index contributed by atoms with van der Waals surface area (Å²) >= 11 is 0. The van der Waals surface area contributed by atoms with Gasteiger partial charge < -0.3 is 4.90 Å². The van der Waals surface area contributed by atoms with E-state index < -0.39 is 0 Å². The first kappa shape index (κ1) is 19.6. The molecule has 0 heterocycles. The molecule has 0 aromatic heterocycles. The molecule has 0 saturated heterocycles. The van der Waals surface area contributed by atoms with Crippen LogP contribution in [0.15, 0.2) is 24.3 Å². The summed E-state index contributed by atoms with van der Waals surface area (Å²) in [6.07, 6.45) is 3.72. The zero-order valence-electron chi connectivity index (χ0n) is 17.5. The fourth-order valence-corrected chi connectivity index (χ4v) is 3.85. The van der Waals surface area contributed by atoms with Gasteiger partial charge in [0.15, 0.2) is 0 Å². The Morgan fingerprint density at radius 2 is 1.52 bits per heavy atom. The van der Waals surface area contributed by atoms with Crippen LogP contribution in [0.25, 0.3) is 0 Å². The molecule has 0 spiro atoms. The van der Waals surface area contributed by atoms with Crippen molar-refractivity contribution in [1.29, 1.82) is 0 Å². The molecule has 0 bridgehead atoms. The molecule has 0 saturated carbocycles. The van der Waals surface area contributed by atoms with E-state index in [1.165, 1.54) is 64.0 Å². The van der Waals surface area contributed by atoms with Crippen LogP contribution in [0.3, 0.4) is 0 Å². The summed E-state index contributed by atoms with van der Waals surface area (Å²) in [5.41, 5.74) is 11.0. The molecule has 136 valence electrons. The molecule has 25 heavy (non-hydrogen) atoms. The number of rotatable bonds is 6. The standard InChI is InChI=1S/C24H35N/c1-9-11-21(10-2)22-12-16(3)13-23(15-22)25(8)24-14-17(4)18(5)19(6)20(24)7/h12-15,21H,9-11H2,1-8H3. The van der Waals surface area contributed by atoms with Crippen LogP contribution in [0.1, 0.15) is 72.4 Å². The molecule has 0 N–H and O–H groups in total. The summed E-state index contributed by atoms with van der Waals surface area (Å²) < 4.78 is 0. The Balaban J connectivity index is 2.50. The van der Waals surface area contributed by atoms with E-state index in [0.29, 0.717) is 5.92 Å². The topological polar surface area (TPSA) is 3.24 Å². The smallest absolute Gasteiger partial charge is 0.0443 e. The second-order valence-corrected chi connectivity index (χ2v) is 7.64. The van der Waals surface area contributed by atoms with Gasteiger partial charge in [-0.2, -0.15) is 0 Å². The molecule has 0 radical (unpaired) electrons. The minimum absolute atomic E-state index is 0.666. The van der Waals surface area contributed by atoms with Crippen molar-refractivity contribution in [3.05, 3.63) is 57.6 Å². The predicted octanol–water partition coefficient (Wildman–Crippen LogP) is 7.29. The van der Waals surface area contributed by atoms with E-state index in [1.54, 1.807) is 0 Å². The van der Waals surface area contributed by atoms with E-state index in [9.17, 15) is 0 Å². The van der Waals surface area contributed by atoms with Crippen molar-refractivity contribution in [2.75, 3.05) is 11.9 Å². The van der Waals surface area contributed by atoms with Gasteiger partial charge in [0, 0.05) is 18.4 Å².